The molecule has 0 spiro atoms. The summed E-state index contributed by atoms with van der Waals surface area (Å²) in [5.41, 5.74) is 8.85. The van der Waals surface area contributed by atoms with Gasteiger partial charge in [0.15, 0.2) is 0 Å². The second-order valence-electron chi connectivity index (χ2n) is 4.26. The Bertz CT molecular complexity index is 564. The van der Waals surface area contributed by atoms with Crippen LogP contribution < -0.4 is 10.6 Å². The first-order chi connectivity index (χ1) is 9.13. The second kappa shape index (κ2) is 6.12. The maximum atomic E-state index is 7.80. The van der Waals surface area contributed by atoms with Crippen molar-refractivity contribution in [2.45, 2.75) is 11.4 Å². The molecule has 100 valence electrons. The van der Waals surface area contributed by atoms with Crippen LogP contribution in [0.5, 0.6) is 0 Å². The van der Waals surface area contributed by atoms with Gasteiger partial charge in [0.05, 0.1) is 5.56 Å². The number of nitrogens with one attached hydrogen (secondary N) is 1. The first-order valence-corrected chi connectivity index (χ1v) is 8.04. The molecular formula is C14H17N3S2. The largest absolute Gasteiger partial charge is 0.384 e. The van der Waals surface area contributed by atoms with Crippen LogP contribution in [0, 0.1) is 5.41 Å². The Morgan fingerprint density at radius 1 is 1.42 bits per heavy atom. The SMILES string of the molecule is CSc1cccc(N(C)Cc2ccsc2)c1C(=N)N. The zero-order valence-corrected chi connectivity index (χ0v) is 12.6. The molecule has 0 amide bonds. The zero-order chi connectivity index (χ0) is 13.8. The number of benzene rings is 1. The van der Waals surface area contributed by atoms with E-state index in [4.69, 9.17) is 11.1 Å². The van der Waals surface area contributed by atoms with E-state index in [1.165, 1.54) is 5.56 Å². The molecule has 0 aliphatic heterocycles. The zero-order valence-electron chi connectivity index (χ0n) is 11.0. The monoisotopic (exact) mass is 291 g/mol. The lowest BCUT2D eigenvalue weighted by molar-refractivity contribution is 0.922. The van der Waals surface area contributed by atoms with E-state index in [9.17, 15) is 0 Å². The van der Waals surface area contributed by atoms with Crippen LogP contribution in [0.2, 0.25) is 0 Å². The van der Waals surface area contributed by atoms with Crippen LogP contribution in [0.3, 0.4) is 0 Å². The summed E-state index contributed by atoms with van der Waals surface area (Å²) in [6, 6.07) is 8.15. The molecule has 1 aromatic carbocycles. The topological polar surface area (TPSA) is 53.1 Å². The average molecular weight is 291 g/mol. The Hall–Kier alpha value is -1.46. The van der Waals surface area contributed by atoms with Gasteiger partial charge >= 0.3 is 0 Å². The van der Waals surface area contributed by atoms with Crippen LogP contribution in [-0.2, 0) is 6.54 Å². The lowest BCUT2D eigenvalue weighted by Crippen LogP contribution is -2.22. The molecule has 19 heavy (non-hydrogen) atoms. The molecule has 2 rings (SSSR count). The Labute approximate surface area is 121 Å². The van der Waals surface area contributed by atoms with Gasteiger partial charge in [-0.15, -0.1) is 11.8 Å². The molecule has 3 N–H and O–H groups in total. The summed E-state index contributed by atoms with van der Waals surface area (Å²) < 4.78 is 0. The first-order valence-electron chi connectivity index (χ1n) is 5.87. The number of nitrogens with zero attached hydrogens (tertiary/aromatic N) is 1. The molecule has 2 aromatic rings. The average Bonchev–Trinajstić information content (AvgIpc) is 2.90. The summed E-state index contributed by atoms with van der Waals surface area (Å²) in [6.07, 6.45) is 2.00. The van der Waals surface area contributed by atoms with Crippen molar-refractivity contribution in [1.82, 2.24) is 0 Å². The van der Waals surface area contributed by atoms with Crippen molar-refractivity contribution >= 4 is 34.6 Å². The van der Waals surface area contributed by atoms with E-state index in [0.29, 0.717) is 0 Å². The Morgan fingerprint density at radius 2 is 2.21 bits per heavy atom. The molecule has 0 aliphatic carbocycles. The molecule has 0 saturated heterocycles. The van der Waals surface area contributed by atoms with E-state index >= 15 is 0 Å². The number of thiophene rings is 1. The summed E-state index contributed by atoms with van der Waals surface area (Å²) in [5.74, 6) is 0.122. The third-order valence-corrected chi connectivity index (χ3v) is 4.42. The van der Waals surface area contributed by atoms with Gasteiger partial charge in [0.25, 0.3) is 0 Å². The number of anilines is 1. The van der Waals surface area contributed by atoms with Crippen molar-refractivity contribution in [3.8, 4) is 0 Å². The summed E-state index contributed by atoms with van der Waals surface area (Å²) in [5, 5.41) is 12.0. The van der Waals surface area contributed by atoms with Crippen LogP contribution in [0.4, 0.5) is 5.69 Å². The number of amidine groups is 1. The summed E-state index contributed by atoms with van der Waals surface area (Å²) in [7, 11) is 2.03. The fraction of sp³-hybridized carbons (Fsp3) is 0.214. The van der Waals surface area contributed by atoms with Crippen molar-refractivity contribution in [3.05, 3.63) is 46.2 Å². The van der Waals surface area contributed by atoms with Crippen LogP contribution in [0.1, 0.15) is 11.1 Å². The van der Waals surface area contributed by atoms with Crippen LogP contribution in [0.25, 0.3) is 0 Å². The highest BCUT2D eigenvalue weighted by Gasteiger charge is 2.14. The minimum absolute atomic E-state index is 0.122. The number of thioether (sulfide) groups is 1. The van der Waals surface area contributed by atoms with Gasteiger partial charge in [0, 0.05) is 24.2 Å². The van der Waals surface area contributed by atoms with Crippen LogP contribution in [0.15, 0.2) is 39.9 Å². The lowest BCUT2D eigenvalue weighted by atomic mass is 10.1. The fourth-order valence-electron chi connectivity index (χ4n) is 2.02. The first kappa shape index (κ1) is 14.0. The molecule has 3 nitrogen and oxygen atoms in total. The molecule has 5 heteroatoms. The third-order valence-electron chi connectivity index (χ3n) is 2.90. The van der Waals surface area contributed by atoms with E-state index in [0.717, 1.165) is 22.7 Å². The predicted molar refractivity (Wildman–Crippen MR) is 85.7 cm³/mol. The maximum Gasteiger partial charge on any atom is 0.126 e. The van der Waals surface area contributed by atoms with Gasteiger partial charge in [0.2, 0.25) is 0 Å². The Kier molecular flexibility index (Phi) is 4.50. The number of nitrogens with two attached hydrogens (primary N) is 1. The maximum absolute atomic E-state index is 7.80. The smallest absolute Gasteiger partial charge is 0.126 e. The Morgan fingerprint density at radius 3 is 2.79 bits per heavy atom. The second-order valence-corrected chi connectivity index (χ2v) is 5.88. The normalized spacial score (nSPS) is 10.4. The molecule has 1 aromatic heterocycles. The molecule has 1 heterocycles. The molecule has 0 radical (unpaired) electrons. The molecule has 0 atom stereocenters. The number of rotatable bonds is 5. The van der Waals surface area contributed by atoms with Gasteiger partial charge < -0.3 is 10.6 Å². The minimum Gasteiger partial charge on any atom is -0.384 e. The lowest BCUT2D eigenvalue weighted by Gasteiger charge is -2.23. The van der Waals surface area contributed by atoms with Gasteiger partial charge in [-0.3, -0.25) is 5.41 Å². The van der Waals surface area contributed by atoms with E-state index in [-0.39, 0.29) is 5.84 Å². The van der Waals surface area contributed by atoms with Gasteiger partial charge in [-0.2, -0.15) is 11.3 Å². The fourth-order valence-corrected chi connectivity index (χ4v) is 3.31. The van der Waals surface area contributed by atoms with Crippen molar-refractivity contribution in [3.63, 3.8) is 0 Å². The summed E-state index contributed by atoms with van der Waals surface area (Å²) >= 11 is 3.32. The van der Waals surface area contributed by atoms with Crippen LogP contribution >= 0.6 is 23.1 Å². The van der Waals surface area contributed by atoms with Crippen molar-refractivity contribution in [1.29, 1.82) is 5.41 Å². The highest BCUT2D eigenvalue weighted by molar-refractivity contribution is 7.98. The summed E-state index contributed by atoms with van der Waals surface area (Å²) in [4.78, 5) is 3.18. The highest BCUT2D eigenvalue weighted by atomic mass is 32.2. The molecule has 0 aliphatic rings. The van der Waals surface area contributed by atoms with E-state index in [1.807, 2.05) is 31.5 Å². The minimum atomic E-state index is 0.122. The van der Waals surface area contributed by atoms with Gasteiger partial charge in [-0.05, 0) is 40.8 Å². The number of hydrogen-bond donors (Lipinski definition) is 2. The van der Waals surface area contributed by atoms with Gasteiger partial charge in [-0.1, -0.05) is 6.07 Å². The van der Waals surface area contributed by atoms with E-state index < -0.39 is 0 Å². The number of nitrogen functional groups attached to an aromatic ring is 1. The van der Waals surface area contributed by atoms with Crippen molar-refractivity contribution < 1.29 is 0 Å². The van der Waals surface area contributed by atoms with Crippen molar-refractivity contribution in [2.24, 2.45) is 5.73 Å². The Balaban J connectivity index is 2.35. The predicted octanol–water partition coefficient (Wildman–Crippen LogP) is 3.39. The standard InChI is InChI=1S/C14H17N3S2/c1-17(8-10-6-7-19-9-10)11-4-3-5-12(18-2)13(11)14(15)16/h3-7,9H,8H2,1-2H3,(H3,15,16). The molecule has 0 bridgehead atoms. The summed E-state index contributed by atoms with van der Waals surface area (Å²) in [6.45, 7) is 0.821. The van der Waals surface area contributed by atoms with E-state index in [2.05, 4.69) is 21.7 Å². The van der Waals surface area contributed by atoms with Crippen LogP contribution in [-0.4, -0.2) is 19.1 Å². The molecule has 0 unspecified atom stereocenters. The molecule has 0 fully saturated rings. The van der Waals surface area contributed by atoms with Gasteiger partial charge in [-0.25, -0.2) is 0 Å². The van der Waals surface area contributed by atoms with Gasteiger partial charge in [0.1, 0.15) is 5.84 Å². The quantitative estimate of drug-likeness (QED) is 0.504. The third kappa shape index (κ3) is 3.11. The van der Waals surface area contributed by atoms with E-state index in [1.54, 1.807) is 23.1 Å². The number of hydrogen-bond acceptors (Lipinski definition) is 4. The molecule has 0 saturated carbocycles. The molecular weight excluding hydrogens is 274 g/mol. The van der Waals surface area contributed by atoms with Crippen molar-refractivity contribution in [2.75, 3.05) is 18.2 Å². The highest BCUT2D eigenvalue weighted by Crippen LogP contribution is 2.29.